The van der Waals surface area contributed by atoms with Crippen LogP contribution in [0.2, 0.25) is 0 Å². The summed E-state index contributed by atoms with van der Waals surface area (Å²) in [6, 6.07) is 7.47. The smallest absolute Gasteiger partial charge is 0.326 e. The molecule has 1 aliphatic rings. The maximum atomic E-state index is 13.6. The predicted molar refractivity (Wildman–Crippen MR) is 94.0 cm³/mol. The van der Waals surface area contributed by atoms with Gasteiger partial charge in [0.15, 0.2) is 5.82 Å². The van der Waals surface area contributed by atoms with Crippen LogP contribution in [0.3, 0.4) is 0 Å². The molecule has 1 aromatic heterocycles. The molecule has 1 fully saturated rings. The largest absolute Gasteiger partial charge is 0.480 e. The first-order valence-corrected chi connectivity index (χ1v) is 8.72. The Labute approximate surface area is 146 Å². The highest BCUT2D eigenvalue weighted by molar-refractivity contribution is 5.78. The highest BCUT2D eigenvalue weighted by Gasteiger charge is 2.30. The molecular weight excluding hydrogens is 321 g/mol. The lowest BCUT2D eigenvalue weighted by atomic mass is 10.0. The molecule has 0 saturated carbocycles. The number of carbonyl (C=O) groups is 1. The lowest BCUT2D eigenvalue weighted by Crippen LogP contribution is -2.45. The number of carboxylic acids is 1. The monoisotopic (exact) mass is 343 g/mol. The zero-order chi connectivity index (χ0) is 17.8. The fourth-order valence-corrected chi connectivity index (χ4v) is 3.23. The van der Waals surface area contributed by atoms with Crippen LogP contribution < -0.4 is 4.90 Å². The van der Waals surface area contributed by atoms with Gasteiger partial charge in [-0.15, -0.1) is 0 Å². The second-order valence-electron chi connectivity index (χ2n) is 6.34. The molecule has 1 aromatic carbocycles. The SMILES string of the molecule is CCCc1cc(N2CCCCC2C(=O)O)nc(-c2cccc(F)c2)n1. The molecule has 2 heterocycles. The summed E-state index contributed by atoms with van der Waals surface area (Å²) < 4.78 is 13.6. The summed E-state index contributed by atoms with van der Waals surface area (Å²) in [5.41, 5.74) is 1.45. The Morgan fingerprint density at radius 2 is 2.16 bits per heavy atom. The number of piperidine rings is 1. The van der Waals surface area contributed by atoms with E-state index in [1.165, 1.54) is 12.1 Å². The number of halogens is 1. The predicted octanol–water partition coefficient (Wildman–Crippen LogP) is 3.68. The molecule has 5 nitrogen and oxygen atoms in total. The highest BCUT2D eigenvalue weighted by atomic mass is 19.1. The number of benzene rings is 1. The molecule has 0 aliphatic carbocycles. The van der Waals surface area contributed by atoms with E-state index in [4.69, 9.17) is 0 Å². The minimum absolute atomic E-state index is 0.343. The molecule has 1 saturated heterocycles. The average molecular weight is 343 g/mol. The number of anilines is 1. The van der Waals surface area contributed by atoms with E-state index in [0.29, 0.717) is 30.2 Å². The Morgan fingerprint density at radius 3 is 2.88 bits per heavy atom. The fourth-order valence-electron chi connectivity index (χ4n) is 3.23. The highest BCUT2D eigenvalue weighted by Crippen LogP contribution is 2.27. The van der Waals surface area contributed by atoms with E-state index < -0.39 is 12.0 Å². The lowest BCUT2D eigenvalue weighted by molar-refractivity contribution is -0.139. The van der Waals surface area contributed by atoms with Crippen LogP contribution in [0.15, 0.2) is 30.3 Å². The second kappa shape index (κ2) is 7.59. The minimum atomic E-state index is -0.831. The number of carboxylic acid groups (broad SMARTS) is 1. The van der Waals surface area contributed by atoms with Gasteiger partial charge in [-0.1, -0.05) is 25.5 Å². The van der Waals surface area contributed by atoms with Crippen molar-refractivity contribution in [1.82, 2.24) is 9.97 Å². The van der Waals surface area contributed by atoms with Gasteiger partial charge in [0.2, 0.25) is 0 Å². The number of nitrogens with zero attached hydrogens (tertiary/aromatic N) is 3. The first-order valence-electron chi connectivity index (χ1n) is 8.72. The molecule has 6 heteroatoms. The van der Waals surface area contributed by atoms with Crippen LogP contribution in [0.25, 0.3) is 11.4 Å². The molecule has 1 atom stereocenters. The van der Waals surface area contributed by atoms with Crippen molar-refractivity contribution in [2.45, 2.75) is 45.1 Å². The normalized spacial score (nSPS) is 17.5. The standard InChI is InChI=1S/C19H22FN3O2/c1-2-6-15-12-17(23-10-4-3-9-16(23)19(24)25)22-18(21-15)13-7-5-8-14(20)11-13/h5,7-8,11-12,16H,2-4,6,9-10H2,1H3,(H,24,25). The Morgan fingerprint density at radius 1 is 1.32 bits per heavy atom. The van der Waals surface area contributed by atoms with E-state index in [-0.39, 0.29) is 5.82 Å². The number of aryl methyl sites for hydroxylation is 1. The van der Waals surface area contributed by atoms with E-state index in [2.05, 4.69) is 16.9 Å². The Balaban J connectivity index is 2.04. The molecule has 132 valence electrons. The zero-order valence-electron chi connectivity index (χ0n) is 14.3. The molecule has 1 unspecified atom stereocenters. The number of hydrogen-bond donors (Lipinski definition) is 1. The van der Waals surface area contributed by atoms with E-state index >= 15 is 0 Å². The van der Waals surface area contributed by atoms with Gasteiger partial charge in [-0.3, -0.25) is 0 Å². The van der Waals surface area contributed by atoms with E-state index in [1.54, 1.807) is 12.1 Å². The third-order valence-electron chi connectivity index (χ3n) is 4.44. The maximum absolute atomic E-state index is 13.6. The number of rotatable bonds is 5. The van der Waals surface area contributed by atoms with Gasteiger partial charge in [-0.05, 0) is 37.8 Å². The summed E-state index contributed by atoms with van der Waals surface area (Å²) in [7, 11) is 0. The number of aromatic nitrogens is 2. The zero-order valence-corrected chi connectivity index (χ0v) is 14.3. The topological polar surface area (TPSA) is 66.3 Å². The van der Waals surface area contributed by atoms with Crippen molar-refractivity contribution in [1.29, 1.82) is 0 Å². The van der Waals surface area contributed by atoms with Gasteiger partial charge in [-0.2, -0.15) is 0 Å². The molecule has 0 bridgehead atoms. The molecule has 3 rings (SSSR count). The Bertz CT molecular complexity index is 766. The van der Waals surface area contributed by atoms with Gasteiger partial charge in [0.1, 0.15) is 17.7 Å². The van der Waals surface area contributed by atoms with Gasteiger partial charge in [-0.25, -0.2) is 19.2 Å². The Kier molecular flexibility index (Phi) is 5.26. The van der Waals surface area contributed by atoms with Crippen LogP contribution in [-0.2, 0) is 11.2 Å². The van der Waals surface area contributed by atoms with E-state index in [9.17, 15) is 14.3 Å². The van der Waals surface area contributed by atoms with Gasteiger partial charge >= 0.3 is 5.97 Å². The van der Waals surface area contributed by atoms with Gasteiger partial charge < -0.3 is 10.0 Å². The van der Waals surface area contributed by atoms with Crippen LogP contribution in [0.1, 0.15) is 38.3 Å². The van der Waals surface area contributed by atoms with Crippen molar-refractivity contribution >= 4 is 11.8 Å². The van der Waals surface area contributed by atoms with Crippen molar-refractivity contribution < 1.29 is 14.3 Å². The minimum Gasteiger partial charge on any atom is -0.480 e. The molecule has 2 aromatic rings. The molecule has 0 radical (unpaired) electrons. The first-order chi connectivity index (χ1) is 12.1. The molecule has 1 N–H and O–H groups in total. The van der Waals surface area contributed by atoms with E-state index in [1.807, 2.05) is 11.0 Å². The summed E-state index contributed by atoms with van der Waals surface area (Å²) >= 11 is 0. The Hall–Kier alpha value is -2.50. The van der Waals surface area contributed by atoms with Crippen molar-refractivity contribution in [3.8, 4) is 11.4 Å². The van der Waals surface area contributed by atoms with Crippen LogP contribution in [0, 0.1) is 5.82 Å². The number of hydrogen-bond acceptors (Lipinski definition) is 4. The van der Waals surface area contributed by atoms with Crippen LogP contribution in [0.5, 0.6) is 0 Å². The first kappa shape index (κ1) is 17.3. The molecule has 0 amide bonds. The maximum Gasteiger partial charge on any atom is 0.326 e. The molecule has 1 aliphatic heterocycles. The van der Waals surface area contributed by atoms with Gasteiger partial charge in [0, 0.05) is 23.9 Å². The van der Waals surface area contributed by atoms with Crippen molar-refractivity contribution in [3.05, 3.63) is 41.8 Å². The van der Waals surface area contributed by atoms with Crippen LogP contribution in [-0.4, -0.2) is 33.6 Å². The van der Waals surface area contributed by atoms with Gasteiger partial charge in [0.25, 0.3) is 0 Å². The third-order valence-corrected chi connectivity index (χ3v) is 4.44. The summed E-state index contributed by atoms with van der Waals surface area (Å²) in [6.07, 6.45) is 4.13. The summed E-state index contributed by atoms with van der Waals surface area (Å²) in [5, 5.41) is 9.53. The summed E-state index contributed by atoms with van der Waals surface area (Å²) in [5.74, 6) is -0.118. The third kappa shape index (κ3) is 3.95. The molecular formula is C19H22FN3O2. The molecule has 0 spiro atoms. The van der Waals surface area contributed by atoms with Crippen LogP contribution >= 0.6 is 0 Å². The summed E-state index contributed by atoms with van der Waals surface area (Å²) in [4.78, 5) is 22.6. The quantitative estimate of drug-likeness (QED) is 0.897. The van der Waals surface area contributed by atoms with Crippen molar-refractivity contribution in [2.75, 3.05) is 11.4 Å². The average Bonchev–Trinajstić information content (AvgIpc) is 2.62. The summed E-state index contributed by atoms with van der Waals surface area (Å²) in [6.45, 7) is 2.72. The van der Waals surface area contributed by atoms with E-state index in [0.717, 1.165) is 31.4 Å². The van der Waals surface area contributed by atoms with Crippen molar-refractivity contribution in [3.63, 3.8) is 0 Å². The van der Waals surface area contributed by atoms with Gasteiger partial charge in [0.05, 0.1) is 0 Å². The lowest BCUT2D eigenvalue weighted by Gasteiger charge is -2.34. The van der Waals surface area contributed by atoms with Crippen molar-refractivity contribution in [2.24, 2.45) is 0 Å². The second-order valence-corrected chi connectivity index (χ2v) is 6.34. The number of aliphatic carboxylic acids is 1. The van der Waals surface area contributed by atoms with Crippen LogP contribution in [0.4, 0.5) is 10.2 Å². The fraction of sp³-hybridized carbons (Fsp3) is 0.421. The molecule has 25 heavy (non-hydrogen) atoms.